The minimum absolute atomic E-state index is 0.204. The van der Waals surface area contributed by atoms with Gasteiger partial charge in [0.1, 0.15) is 6.61 Å². The van der Waals surface area contributed by atoms with E-state index in [-0.39, 0.29) is 12.2 Å². The molecule has 34 heavy (non-hydrogen) atoms. The summed E-state index contributed by atoms with van der Waals surface area (Å²) in [7, 11) is 2.83. The molecule has 1 aliphatic heterocycles. The van der Waals surface area contributed by atoms with E-state index in [0.29, 0.717) is 33.3 Å². The maximum absolute atomic E-state index is 13.0. The number of urea groups is 1. The predicted octanol–water partition coefficient (Wildman–Crippen LogP) is 4.87. The second kappa shape index (κ2) is 10.3. The number of rotatable bonds is 7. The van der Waals surface area contributed by atoms with Gasteiger partial charge in [0.25, 0.3) is 0 Å². The number of hydrogen-bond acceptors (Lipinski definition) is 5. The van der Waals surface area contributed by atoms with Crippen molar-refractivity contribution >= 4 is 29.3 Å². The third-order valence-corrected chi connectivity index (χ3v) is 5.59. The average Bonchev–Trinajstić information content (AvgIpc) is 2.86. The number of methoxy groups -OCH3 is 2. The van der Waals surface area contributed by atoms with E-state index in [0.717, 1.165) is 5.56 Å². The number of amides is 2. The number of para-hydroxylation sites is 1. The summed E-state index contributed by atoms with van der Waals surface area (Å²) in [5, 5.41) is 6.18. The molecule has 1 aliphatic rings. The fourth-order valence-electron chi connectivity index (χ4n) is 3.82. The summed E-state index contributed by atoms with van der Waals surface area (Å²) in [5.74, 6) is 0.267. The number of ether oxygens (including phenoxy) is 3. The van der Waals surface area contributed by atoms with E-state index in [1.165, 1.54) is 14.2 Å². The second-order valence-electron chi connectivity index (χ2n) is 7.47. The van der Waals surface area contributed by atoms with Gasteiger partial charge in [0.2, 0.25) is 0 Å². The van der Waals surface area contributed by atoms with Crippen LogP contribution in [0.5, 0.6) is 11.5 Å². The van der Waals surface area contributed by atoms with Crippen LogP contribution in [0.2, 0.25) is 5.02 Å². The van der Waals surface area contributed by atoms with E-state index >= 15 is 0 Å². The molecule has 0 saturated carbocycles. The van der Waals surface area contributed by atoms with Crippen LogP contribution in [0, 0.1) is 0 Å². The maximum atomic E-state index is 13.0. The Balaban J connectivity index is 1.83. The van der Waals surface area contributed by atoms with Crippen molar-refractivity contribution in [2.75, 3.05) is 14.2 Å². The topological polar surface area (TPSA) is 85.9 Å². The van der Waals surface area contributed by atoms with Crippen LogP contribution in [0.15, 0.2) is 78.4 Å². The lowest BCUT2D eigenvalue weighted by Crippen LogP contribution is -2.45. The third kappa shape index (κ3) is 4.84. The minimum Gasteiger partial charge on any atom is -0.493 e. The third-order valence-electron chi connectivity index (χ3n) is 5.35. The van der Waals surface area contributed by atoms with Crippen molar-refractivity contribution in [2.45, 2.75) is 12.6 Å². The molecular formula is C26H23ClN2O5. The molecule has 0 aliphatic carbocycles. The maximum Gasteiger partial charge on any atom is 0.338 e. The number of benzene rings is 3. The normalized spacial score (nSPS) is 15.3. The van der Waals surface area contributed by atoms with Crippen LogP contribution in [-0.2, 0) is 16.1 Å². The first-order valence-electron chi connectivity index (χ1n) is 10.5. The first-order valence-corrected chi connectivity index (χ1v) is 10.9. The van der Waals surface area contributed by atoms with E-state index in [1.54, 1.807) is 30.3 Å². The molecule has 1 unspecified atom stereocenters. The Morgan fingerprint density at radius 3 is 2.47 bits per heavy atom. The highest BCUT2D eigenvalue weighted by molar-refractivity contribution is 6.30. The van der Waals surface area contributed by atoms with Gasteiger partial charge in [0.15, 0.2) is 11.5 Å². The molecule has 2 amide bonds. The number of carbonyl (C=O) groups is 2. The van der Waals surface area contributed by atoms with E-state index in [1.807, 2.05) is 42.5 Å². The Kier molecular flexibility index (Phi) is 7.04. The molecule has 0 bridgehead atoms. The average molecular weight is 479 g/mol. The van der Waals surface area contributed by atoms with Crippen molar-refractivity contribution in [1.82, 2.24) is 10.6 Å². The lowest BCUT2D eigenvalue weighted by Gasteiger charge is -2.30. The SMILES string of the molecule is COC(=O)C1=C(c2ccccc2)NC(=O)NC1c1cccc(OC)c1OCc1cccc(Cl)c1. The first-order chi connectivity index (χ1) is 16.5. The van der Waals surface area contributed by atoms with Crippen LogP contribution in [-0.4, -0.2) is 26.2 Å². The first kappa shape index (κ1) is 23.2. The molecule has 0 fully saturated rings. The Morgan fingerprint density at radius 1 is 1.00 bits per heavy atom. The summed E-state index contributed by atoms with van der Waals surface area (Å²) in [5.41, 5.74) is 2.68. The van der Waals surface area contributed by atoms with Gasteiger partial charge in [-0.15, -0.1) is 0 Å². The number of esters is 1. The number of carbonyl (C=O) groups excluding carboxylic acids is 2. The van der Waals surface area contributed by atoms with Crippen LogP contribution >= 0.6 is 11.6 Å². The summed E-state index contributed by atoms with van der Waals surface area (Å²) < 4.78 is 16.8. The van der Waals surface area contributed by atoms with Gasteiger partial charge >= 0.3 is 12.0 Å². The molecular weight excluding hydrogens is 456 g/mol. The van der Waals surface area contributed by atoms with E-state index in [4.69, 9.17) is 25.8 Å². The second-order valence-corrected chi connectivity index (χ2v) is 7.91. The van der Waals surface area contributed by atoms with Gasteiger partial charge in [-0.3, -0.25) is 0 Å². The molecule has 1 heterocycles. The van der Waals surface area contributed by atoms with Gasteiger partial charge in [0.05, 0.1) is 31.5 Å². The zero-order valence-corrected chi connectivity index (χ0v) is 19.4. The highest BCUT2D eigenvalue weighted by atomic mass is 35.5. The number of nitrogens with one attached hydrogen (secondary N) is 2. The van der Waals surface area contributed by atoms with Crippen molar-refractivity contribution < 1.29 is 23.8 Å². The summed E-state index contributed by atoms with van der Waals surface area (Å²) >= 11 is 6.11. The highest BCUT2D eigenvalue weighted by Crippen LogP contribution is 2.41. The van der Waals surface area contributed by atoms with Crippen LogP contribution in [0.4, 0.5) is 4.79 Å². The van der Waals surface area contributed by atoms with Crippen molar-refractivity contribution in [3.63, 3.8) is 0 Å². The van der Waals surface area contributed by atoms with Crippen LogP contribution < -0.4 is 20.1 Å². The Bertz CT molecular complexity index is 1240. The summed E-state index contributed by atoms with van der Waals surface area (Å²) in [6.07, 6.45) is 0. The molecule has 1 atom stereocenters. The zero-order chi connectivity index (χ0) is 24.1. The summed E-state index contributed by atoms with van der Waals surface area (Å²) in [6.45, 7) is 0.204. The Hall–Kier alpha value is -3.97. The van der Waals surface area contributed by atoms with Gasteiger partial charge in [0, 0.05) is 10.6 Å². The molecule has 0 spiro atoms. The summed E-state index contributed by atoms with van der Waals surface area (Å²) in [6, 6.07) is 20.4. The van der Waals surface area contributed by atoms with Gasteiger partial charge in [-0.2, -0.15) is 0 Å². The molecule has 2 N–H and O–H groups in total. The van der Waals surface area contributed by atoms with E-state index < -0.39 is 18.0 Å². The molecule has 3 aromatic rings. The lowest BCUT2D eigenvalue weighted by atomic mass is 9.92. The predicted molar refractivity (Wildman–Crippen MR) is 129 cm³/mol. The van der Waals surface area contributed by atoms with Crippen molar-refractivity contribution in [3.05, 3.63) is 100 Å². The quantitative estimate of drug-likeness (QED) is 0.473. The van der Waals surface area contributed by atoms with Crippen LogP contribution in [0.25, 0.3) is 5.70 Å². The molecule has 3 aromatic carbocycles. The molecule has 0 aromatic heterocycles. The highest BCUT2D eigenvalue weighted by Gasteiger charge is 2.36. The van der Waals surface area contributed by atoms with Crippen molar-refractivity contribution in [3.8, 4) is 11.5 Å². The van der Waals surface area contributed by atoms with Crippen LogP contribution in [0.3, 0.4) is 0 Å². The molecule has 0 radical (unpaired) electrons. The van der Waals surface area contributed by atoms with E-state index in [9.17, 15) is 9.59 Å². The minimum atomic E-state index is -0.846. The standard InChI is InChI=1S/C26H23ClN2O5/c1-32-20-13-7-12-19(24(20)34-15-16-8-6-11-18(27)14-16)23-21(25(30)33-2)22(28-26(31)29-23)17-9-4-3-5-10-17/h3-14,23H,15H2,1-2H3,(H2,28,29,31). The van der Waals surface area contributed by atoms with E-state index in [2.05, 4.69) is 10.6 Å². The van der Waals surface area contributed by atoms with Gasteiger partial charge in [-0.1, -0.05) is 66.2 Å². The molecule has 4 rings (SSSR count). The molecule has 0 saturated heterocycles. The van der Waals surface area contributed by atoms with Crippen molar-refractivity contribution in [2.24, 2.45) is 0 Å². The number of halogens is 1. The van der Waals surface area contributed by atoms with Gasteiger partial charge < -0.3 is 24.8 Å². The zero-order valence-electron chi connectivity index (χ0n) is 18.6. The molecule has 8 heteroatoms. The van der Waals surface area contributed by atoms with Crippen molar-refractivity contribution in [1.29, 1.82) is 0 Å². The largest absolute Gasteiger partial charge is 0.493 e. The monoisotopic (exact) mass is 478 g/mol. The fourth-order valence-corrected chi connectivity index (χ4v) is 4.03. The fraction of sp³-hybridized carbons (Fsp3) is 0.154. The molecule has 7 nitrogen and oxygen atoms in total. The Labute approximate surface area is 202 Å². The van der Waals surface area contributed by atoms with Gasteiger partial charge in [-0.05, 0) is 29.3 Å². The summed E-state index contributed by atoms with van der Waals surface area (Å²) in [4.78, 5) is 25.6. The number of hydrogen-bond donors (Lipinski definition) is 2. The molecule has 174 valence electrons. The lowest BCUT2D eigenvalue weighted by molar-refractivity contribution is -0.136. The smallest absolute Gasteiger partial charge is 0.338 e. The van der Waals surface area contributed by atoms with Gasteiger partial charge in [-0.25, -0.2) is 9.59 Å². The van der Waals surface area contributed by atoms with Crippen LogP contribution in [0.1, 0.15) is 22.7 Å². The Morgan fingerprint density at radius 2 is 1.76 bits per heavy atom.